The Morgan fingerprint density at radius 3 is 2.82 bits per heavy atom. The Balaban J connectivity index is 1.56. The first kappa shape index (κ1) is 18.2. The van der Waals surface area contributed by atoms with Gasteiger partial charge in [0.05, 0.1) is 15.9 Å². The molecular formula is C20H14N4O2S2. The van der Waals surface area contributed by atoms with Crippen LogP contribution in [-0.2, 0) is 0 Å². The van der Waals surface area contributed by atoms with E-state index < -0.39 is 5.91 Å². The molecular weight excluding hydrogens is 392 g/mol. The molecule has 28 heavy (non-hydrogen) atoms. The lowest BCUT2D eigenvalue weighted by Crippen LogP contribution is -2.15. The molecule has 0 saturated heterocycles. The van der Waals surface area contributed by atoms with Crippen LogP contribution in [0.1, 0.15) is 21.9 Å². The van der Waals surface area contributed by atoms with Gasteiger partial charge in [-0.2, -0.15) is 10.4 Å². The summed E-state index contributed by atoms with van der Waals surface area (Å²) in [4.78, 5) is 17.1. The molecule has 0 spiro atoms. The van der Waals surface area contributed by atoms with Crippen molar-refractivity contribution >= 4 is 45.3 Å². The molecule has 3 heterocycles. The lowest BCUT2D eigenvalue weighted by Gasteiger charge is -2.00. The highest BCUT2D eigenvalue weighted by molar-refractivity contribution is 8.01. The molecule has 138 valence electrons. The van der Waals surface area contributed by atoms with Crippen molar-refractivity contribution < 1.29 is 9.21 Å². The SMILES string of the molecule is Cc1cc(C)n(C(=O)/C(C#N)=C/c2ccc(Sc3nc4ccccc4s3)o2)n1. The quantitative estimate of drug-likeness (QED) is 0.346. The highest BCUT2D eigenvalue weighted by Gasteiger charge is 2.16. The largest absolute Gasteiger partial charge is 0.450 e. The second-order valence-corrected chi connectivity index (χ2v) is 8.30. The molecule has 0 aliphatic heterocycles. The van der Waals surface area contributed by atoms with E-state index in [2.05, 4.69) is 10.1 Å². The van der Waals surface area contributed by atoms with E-state index in [9.17, 15) is 10.1 Å². The number of fused-ring (bicyclic) bond motifs is 1. The zero-order valence-electron chi connectivity index (χ0n) is 15.0. The fourth-order valence-electron chi connectivity index (χ4n) is 2.68. The van der Waals surface area contributed by atoms with Crippen molar-refractivity contribution in [3.05, 3.63) is 65.2 Å². The molecule has 0 bridgehead atoms. The topological polar surface area (TPSA) is 84.7 Å². The maximum atomic E-state index is 12.6. The Morgan fingerprint density at radius 2 is 2.11 bits per heavy atom. The van der Waals surface area contributed by atoms with Crippen LogP contribution < -0.4 is 0 Å². The third kappa shape index (κ3) is 3.63. The number of thiazole rings is 1. The number of rotatable bonds is 4. The first-order valence-corrected chi connectivity index (χ1v) is 10.00. The van der Waals surface area contributed by atoms with Crippen LogP contribution in [0.25, 0.3) is 16.3 Å². The van der Waals surface area contributed by atoms with Crippen LogP contribution in [-0.4, -0.2) is 20.7 Å². The monoisotopic (exact) mass is 406 g/mol. The van der Waals surface area contributed by atoms with E-state index in [0.29, 0.717) is 16.5 Å². The van der Waals surface area contributed by atoms with Gasteiger partial charge in [-0.3, -0.25) is 4.79 Å². The Kier molecular flexibility index (Phi) is 4.86. The van der Waals surface area contributed by atoms with Gasteiger partial charge in [-0.05, 0) is 55.9 Å². The maximum absolute atomic E-state index is 12.6. The van der Waals surface area contributed by atoms with Crippen LogP contribution in [0.5, 0.6) is 0 Å². The molecule has 0 saturated carbocycles. The van der Waals surface area contributed by atoms with Crippen LogP contribution in [0.4, 0.5) is 0 Å². The Hall–Kier alpha value is -3.15. The lowest BCUT2D eigenvalue weighted by atomic mass is 10.2. The average Bonchev–Trinajstić information content (AvgIpc) is 3.37. The van der Waals surface area contributed by atoms with Crippen molar-refractivity contribution in [1.29, 1.82) is 5.26 Å². The number of carbonyl (C=O) groups is 1. The number of furan rings is 1. The molecule has 0 aliphatic rings. The number of nitriles is 1. The molecule has 3 aromatic heterocycles. The summed E-state index contributed by atoms with van der Waals surface area (Å²) in [5, 5.41) is 14.2. The second-order valence-electron chi connectivity index (χ2n) is 6.02. The van der Waals surface area contributed by atoms with E-state index in [0.717, 1.165) is 20.3 Å². The third-order valence-corrected chi connectivity index (χ3v) is 5.92. The second kappa shape index (κ2) is 7.46. The fraction of sp³-hybridized carbons (Fsp3) is 0.100. The smallest absolute Gasteiger partial charge is 0.289 e. The van der Waals surface area contributed by atoms with E-state index in [1.54, 1.807) is 43.4 Å². The van der Waals surface area contributed by atoms with Gasteiger partial charge in [-0.15, -0.1) is 11.3 Å². The normalized spacial score (nSPS) is 11.7. The minimum atomic E-state index is -0.482. The highest BCUT2D eigenvalue weighted by Crippen LogP contribution is 2.35. The van der Waals surface area contributed by atoms with Gasteiger partial charge in [0.15, 0.2) is 9.43 Å². The van der Waals surface area contributed by atoms with Crippen LogP contribution in [0.3, 0.4) is 0 Å². The van der Waals surface area contributed by atoms with Crippen molar-refractivity contribution in [3.8, 4) is 6.07 Å². The maximum Gasteiger partial charge on any atom is 0.289 e. The number of aromatic nitrogens is 3. The Morgan fingerprint density at radius 1 is 1.29 bits per heavy atom. The molecule has 4 rings (SSSR count). The molecule has 0 aliphatic carbocycles. The summed E-state index contributed by atoms with van der Waals surface area (Å²) in [5.41, 5.74) is 2.30. The molecule has 1 aromatic carbocycles. The predicted molar refractivity (Wildman–Crippen MR) is 108 cm³/mol. The minimum Gasteiger partial charge on any atom is -0.450 e. The number of benzene rings is 1. The fourth-order valence-corrected chi connectivity index (χ4v) is 4.65. The van der Waals surface area contributed by atoms with E-state index in [1.165, 1.54) is 22.5 Å². The van der Waals surface area contributed by atoms with Gasteiger partial charge in [0.2, 0.25) is 0 Å². The number of aryl methyl sites for hydroxylation is 2. The van der Waals surface area contributed by atoms with Gasteiger partial charge < -0.3 is 4.42 Å². The van der Waals surface area contributed by atoms with E-state index in [-0.39, 0.29) is 5.57 Å². The first-order chi connectivity index (χ1) is 13.5. The molecule has 0 unspecified atom stereocenters. The molecule has 4 aromatic rings. The third-order valence-electron chi connectivity index (χ3n) is 3.90. The Bertz CT molecular complexity index is 1220. The first-order valence-electron chi connectivity index (χ1n) is 8.36. The van der Waals surface area contributed by atoms with Crippen molar-refractivity contribution in [2.45, 2.75) is 23.3 Å². The van der Waals surface area contributed by atoms with Crippen molar-refractivity contribution in [2.24, 2.45) is 0 Å². The van der Waals surface area contributed by atoms with Crippen LogP contribution in [0.2, 0.25) is 0 Å². The number of para-hydroxylation sites is 1. The van der Waals surface area contributed by atoms with E-state index in [4.69, 9.17) is 4.42 Å². The minimum absolute atomic E-state index is 0.0444. The molecule has 0 amide bonds. The summed E-state index contributed by atoms with van der Waals surface area (Å²) >= 11 is 2.99. The number of hydrogen-bond acceptors (Lipinski definition) is 7. The van der Waals surface area contributed by atoms with Crippen LogP contribution in [0.15, 0.2) is 61.9 Å². The van der Waals surface area contributed by atoms with Crippen LogP contribution >= 0.6 is 23.1 Å². The lowest BCUT2D eigenvalue weighted by molar-refractivity contribution is 0.0943. The van der Waals surface area contributed by atoms with Crippen molar-refractivity contribution in [1.82, 2.24) is 14.8 Å². The van der Waals surface area contributed by atoms with Crippen molar-refractivity contribution in [2.75, 3.05) is 0 Å². The highest BCUT2D eigenvalue weighted by atomic mass is 32.2. The van der Waals surface area contributed by atoms with E-state index >= 15 is 0 Å². The van der Waals surface area contributed by atoms with Gasteiger partial charge in [0.25, 0.3) is 5.91 Å². The molecule has 0 atom stereocenters. The van der Waals surface area contributed by atoms with Gasteiger partial charge in [-0.1, -0.05) is 12.1 Å². The standard InChI is InChI=1S/C20H14N4O2S2/c1-12-9-13(2)24(23-12)19(25)14(11-21)10-15-7-8-18(26-15)28-20-22-16-5-3-4-6-17(16)27-20/h3-10H,1-2H3/b14-10+. The van der Waals surface area contributed by atoms with Crippen LogP contribution in [0, 0.1) is 25.2 Å². The van der Waals surface area contributed by atoms with Gasteiger partial charge in [0, 0.05) is 11.8 Å². The summed E-state index contributed by atoms with van der Waals surface area (Å²) in [5.74, 6) is -0.0556. The average molecular weight is 406 g/mol. The van der Waals surface area contributed by atoms with Crippen molar-refractivity contribution in [3.63, 3.8) is 0 Å². The van der Waals surface area contributed by atoms with Gasteiger partial charge in [0.1, 0.15) is 17.4 Å². The zero-order valence-corrected chi connectivity index (χ0v) is 16.7. The number of carbonyl (C=O) groups excluding carboxylic acids is 1. The molecule has 0 N–H and O–H groups in total. The molecule has 6 nitrogen and oxygen atoms in total. The molecule has 0 radical (unpaired) electrons. The van der Waals surface area contributed by atoms with E-state index in [1.807, 2.05) is 30.3 Å². The zero-order chi connectivity index (χ0) is 19.7. The number of hydrogen-bond donors (Lipinski definition) is 0. The summed E-state index contributed by atoms with van der Waals surface area (Å²) in [6.45, 7) is 3.57. The number of nitrogens with zero attached hydrogens (tertiary/aromatic N) is 4. The molecule has 0 fully saturated rings. The summed E-state index contributed by atoms with van der Waals surface area (Å²) in [6, 6.07) is 15.2. The molecule has 8 heteroatoms. The summed E-state index contributed by atoms with van der Waals surface area (Å²) in [6.07, 6.45) is 1.43. The number of allylic oxidation sites excluding steroid dienone is 1. The van der Waals surface area contributed by atoms with Gasteiger partial charge >= 0.3 is 0 Å². The summed E-state index contributed by atoms with van der Waals surface area (Å²) in [7, 11) is 0. The summed E-state index contributed by atoms with van der Waals surface area (Å²) < 4.78 is 8.96. The Labute approximate surface area is 169 Å². The predicted octanol–water partition coefficient (Wildman–Crippen LogP) is 5.10. The van der Waals surface area contributed by atoms with Gasteiger partial charge in [-0.25, -0.2) is 9.67 Å².